The lowest BCUT2D eigenvalue weighted by Gasteiger charge is -2.23. The van der Waals surface area contributed by atoms with Gasteiger partial charge in [0.2, 0.25) is 0 Å². The van der Waals surface area contributed by atoms with Crippen LogP contribution in [0.2, 0.25) is 0 Å². The fourth-order valence-corrected chi connectivity index (χ4v) is 2.66. The van der Waals surface area contributed by atoms with Crippen LogP contribution in [-0.2, 0) is 4.79 Å². The number of carboxylic acids is 1. The van der Waals surface area contributed by atoms with E-state index in [1.165, 1.54) is 0 Å². The average molecular weight is 284 g/mol. The number of aryl methyl sites for hydroxylation is 1. The summed E-state index contributed by atoms with van der Waals surface area (Å²) in [7, 11) is 1.57. The van der Waals surface area contributed by atoms with Crippen molar-refractivity contribution in [3.63, 3.8) is 0 Å². The molecule has 110 valence electrons. The monoisotopic (exact) mass is 284 g/mol. The van der Waals surface area contributed by atoms with Gasteiger partial charge in [-0.1, -0.05) is 55.0 Å². The van der Waals surface area contributed by atoms with E-state index in [0.717, 1.165) is 16.7 Å². The third-order valence-corrected chi connectivity index (χ3v) is 3.81. The second kappa shape index (κ2) is 6.44. The smallest absolute Gasteiger partial charge is 0.311 e. The summed E-state index contributed by atoms with van der Waals surface area (Å²) in [6.45, 7) is 3.89. The van der Waals surface area contributed by atoms with Gasteiger partial charge in [-0.15, -0.1) is 0 Å². The van der Waals surface area contributed by atoms with E-state index in [1.807, 2.05) is 62.4 Å². The lowest BCUT2D eigenvalue weighted by Crippen LogP contribution is -2.19. The van der Waals surface area contributed by atoms with Crippen molar-refractivity contribution in [1.82, 2.24) is 0 Å². The molecule has 0 amide bonds. The lowest BCUT2D eigenvalue weighted by atomic mass is 9.82. The average Bonchev–Trinajstić information content (AvgIpc) is 2.48. The largest absolute Gasteiger partial charge is 0.496 e. The summed E-state index contributed by atoms with van der Waals surface area (Å²) in [6.07, 6.45) is 0. The first-order valence-electron chi connectivity index (χ1n) is 6.97. The lowest BCUT2D eigenvalue weighted by molar-refractivity contribution is -0.139. The molecule has 1 N–H and O–H groups in total. The Morgan fingerprint density at radius 3 is 2.38 bits per heavy atom. The van der Waals surface area contributed by atoms with Gasteiger partial charge in [0.05, 0.1) is 13.0 Å². The highest BCUT2D eigenvalue weighted by Crippen LogP contribution is 2.38. The Balaban J connectivity index is 2.49. The molecule has 0 bridgehead atoms. The van der Waals surface area contributed by atoms with Gasteiger partial charge in [0, 0.05) is 5.56 Å². The minimum Gasteiger partial charge on any atom is -0.496 e. The van der Waals surface area contributed by atoms with Crippen molar-refractivity contribution >= 4 is 5.97 Å². The molecule has 21 heavy (non-hydrogen) atoms. The Morgan fingerprint density at radius 2 is 1.81 bits per heavy atom. The second-order valence-electron chi connectivity index (χ2n) is 5.26. The molecule has 0 radical (unpaired) electrons. The topological polar surface area (TPSA) is 46.5 Å². The maximum absolute atomic E-state index is 11.8. The third kappa shape index (κ3) is 3.24. The van der Waals surface area contributed by atoms with Gasteiger partial charge in [-0.3, -0.25) is 4.79 Å². The summed E-state index contributed by atoms with van der Waals surface area (Å²) in [5.41, 5.74) is 2.76. The van der Waals surface area contributed by atoms with Crippen LogP contribution in [0, 0.1) is 6.92 Å². The first-order chi connectivity index (χ1) is 10.0. The maximum atomic E-state index is 11.8. The van der Waals surface area contributed by atoms with E-state index < -0.39 is 11.9 Å². The summed E-state index contributed by atoms with van der Waals surface area (Å²) in [5.74, 6) is -0.993. The zero-order chi connectivity index (χ0) is 15.4. The summed E-state index contributed by atoms with van der Waals surface area (Å²) in [4.78, 5) is 11.8. The highest BCUT2D eigenvalue weighted by molar-refractivity contribution is 5.79. The molecular formula is C18H20O3. The number of carbonyl (C=O) groups is 1. The molecule has 0 spiro atoms. The molecule has 0 saturated heterocycles. The number of hydrogen-bond donors (Lipinski definition) is 1. The molecule has 0 heterocycles. The molecule has 0 saturated carbocycles. The number of carboxylic acid groups (broad SMARTS) is 1. The van der Waals surface area contributed by atoms with E-state index in [4.69, 9.17) is 4.74 Å². The second-order valence-corrected chi connectivity index (χ2v) is 5.26. The number of benzene rings is 2. The Morgan fingerprint density at radius 1 is 1.14 bits per heavy atom. The molecule has 0 fully saturated rings. The van der Waals surface area contributed by atoms with Crippen LogP contribution >= 0.6 is 0 Å². The summed E-state index contributed by atoms with van der Waals surface area (Å²) in [6, 6.07) is 15.4. The van der Waals surface area contributed by atoms with Crippen LogP contribution in [0.25, 0.3) is 0 Å². The van der Waals surface area contributed by atoms with Crippen molar-refractivity contribution in [1.29, 1.82) is 0 Å². The minimum atomic E-state index is -0.838. The molecule has 0 aromatic heterocycles. The van der Waals surface area contributed by atoms with Crippen LogP contribution in [0.1, 0.15) is 35.4 Å². The zero-order valence-electron chi connectivity index (χ0n) is 12.5. The molecule has 2 rings (SSSR count). The van der Waals surface area contributed by atoms with Crippen LogP contribution in [0.4, 0.5) is 0 Å². The first-order valence-corrected chi connectivity index (χ1v) is 6.97. The van der Waals surface area contributed by atoms with Crippen molar-refractivity contribution in [3.05, 3.63) is 65.2 Å². The molecule has 3 heteroatoms. The SMILES string of the molecule is COc1ccc(C)cc1C(C(=O)O)C(C)c1ccccc1. The third-order valence-electron chi connectivity index (χ3n) is 3.81. The van der Waals surface area contributed by atoms with E-state index in [9.17, 15) is 9.90 Å². The van der Waals surface area contributed by atoms with E-state index in [0.29, 0.717) is 5.75 Å². The standard InChI is InChI=1S/C18H20O3/c1-12-9-10-16(21-3)15(11-12)17(18(19)20)13(2)14-7-5-4-6-8-14/h4-11,13,17H,1-3H3,(H,19,20). The van der Waals surface area contributed by atoms with Crippen molar-refractivity contribution in [2.75, 3.05) is 7.11 Å². The Labute approximate surface area is 125 Å². The van der Waals surface area contributed by atoms with Gasteiger partial charge in [0.25, 0.3) is 0 Å². The van der Waals surface area contributed by atoms with Gasteiger partial charge in [0.1, 0.15) is 5.75 Å². The fraction of sp³-hybridized carbons (Fsp3) is 0.278. The van der Waals surface area contributed by atoms with Gasteiger partial charge in [-0.05, 0) is 24.5 Å². The predicted molar refractivity (Wildman–Crippen MR) is 83.0 cm³/mol. The normalized spacial score (nSPS) is 13.5. The quantitative estimate of drug-likeness (QED) is 0.903. The van der Waals surface area contributed by atoms with Crippen LogP contribution in [0.15, 0.2) is 48.5 Å². The molecule has 2 unspecified atom stereocenters. The molecule has 2 aromatic carbocycles. The van der Waals surface area contributed by atoms with Gasteiger partial charge < -0.3 is 9.84 Å². The molecule has 3 nitrogen and oxygen atoms in total. The minimum absolute atomic E-state index is 0.139. The summed E-state index contributed by atoms with van der Waals surface area (Å²) < 4.78 is 5.35. The number of methoxy groups -OCH3 is 1. The van der Waals surface area contributed by atoms with Crippen LogP contribution < -0.4 is 4.74 Å². The van der Waals surface area contributed by atoms with Gasteiger partial charge >= 0.3 is 5.97 Å². The van der Waals surface area contributed by atoms with Crippen molar-refractivity contribution < 1.29 is 14.6 Å². The van der Waals surface area contributed by atoms with Crippen molar-refractivity contribution in [2.24, 2.45) is 0 Å². The highest BCUT2D eigenvalue weighted by Gasteiger charge is 2.30. The van der Waals surface area contributed by atoms with Crippen molar-refractivity contribution in [3.8, 4) is 5.75 Å². The number of hydrogen-bond acceptors (Lipinski definition) is 2. The molecule has 2 aromatic rings. The first kappa shape index (κ1) is 15.1. The van der Waals surface area contributed by atoms with E-state index in [-0.39, 0.29) is 5.92 Å². The number of rotatable bonds is 5. The van der Waals surface area contributed by atoms with Crippen LogP contribution in [0.3, 0.4) is 0 Å². The van der Waals surface area contributed by atoms with Crippen LogP contribution in [-0.4, -0.2) is 18.2 Å². The maximum Gasteiger partial charge on any atom is 0.311 e. The molecule has 0 aliphatic heterocycles. The molecule has 0 aliphatic rings. The van der Waals surface area contributed by atoms with Crippen LogP contribution in [0.5, 0.6) is 5.75 Å². The van der Waals surface area contributed by atoms with E-state index in [1.54, 1.807) is 7.11 Å². The molecular weight excluding hydrogens is 264 g/mol. The summed E-state index contributed by atoms with van der Waals surface area (Å²) >= 11 is 0. The van der Waals surface area contributed by atoms with E-state index >= 15 is 0 Å². The Kier molecular flexibility index (Phi) is 4.63. The summed E-state index contributed by atoms with van der Waals surface area (Å²) in [5, 5.41) is 9.71. The Hall–Kier alpha value is -2.29. The highest BCUT2D eigenvalue weighted by atomic mass is 16.5. The molecule has 0 aliphatic carbocycles. The van der Waals surface area contributed by atoms with Crippen molar-refractivity contribution in [2.45, 2.75) is 25.7 Å². The predicted octanol–water partition coefficient (Wildman–Crippen LogP) is 3.98. The van der Waals surface area contributed by atoms with Gasteiger partial charge in [-0.25, -0.2) is 0 Å². The molecule has 2 atom stereocenters. The zero-order valence-corrected chi connectivity index (χ0v) is 12.5. The Bertz CT molecular complexity index is 620. The van der Waals surface area contributed by atoms with Gasteiger partial charge in [0.15, 0.2) is 0 Å². The fourth-order valence-electron chi connectivity index (χ4n) is 2.66. The van der Waals surface area contributed by atoms with E-state index in [2.05, 4.69) is 0 Å². The number of aliphatic carboxylic acids is 1. The number of ether oxygens (including phenoxy) is 1. The van der Waals surface area contributed by atoms with Gasteiger partial charge in [-0.2, -0.15) is 0 Å².